The Labute approximate surface area is 150 Å². The lowest BCUT2D eigenvalue weighted by Gasteiger charge is -2.07. The summed E-state index contributed by atoms with van der Waals surface area (Å²) in [6, 6.07) is 13.1. The van der Waals surface area contributed by atoms with E-state index >= 15 is 0 Å². The molecular formula is C17H15N3O5S. The number of fused-ring (bicyclic) bond motifs is 1. The van der Waals surface area contributed by atoms with E-state index in [4.69, 9.17) is 14.2 Å². The van der Waals surface area contributed by atoms with Crippen LogP contribution in [-0.4, -0.2) is 36.0 Å². The third kappa shape index (κ3) is 2.76. The Morgan fingerprint density at radius 2 is 1.88 bits per heavy atom. The SMILES string of the molecule is CCOc1nc(-c2ccc3c(c2)OCO3)n(S(=O)(=O)c2ccccc2)n1. The molecule has 0 bridgehead atoms. The standard InChI is InChI=1S/C17H15N3O5S/c1-2-23-17-18-16(12-8-9-14-15(10-12)25-11-24-14)20(19-17)26(21,22)13-6-4-3-5-7-13/h3-10H,2,11H2,1H3. The summed E-state index contributed by atoms with van der Waals surface area (Å²) >= 11 is 0. The average molecular weight is 373 g/mol. The van der Waals surface area contributed by atoms with Gasteiger partial charge in [0.2, 0.25) is 6.79 Å². The molecule has 0 N–H and O–H groups in total. The van der Waals surface area contributed by atoms with Crippen LogP contribution >= 0.6 is 0 Å². The molecule has 2 heterocycles. The van der Waals surface area contributed by atoms with Crippen molar-refractivity contribution < 1.29 is 22.6 Å². The first kappa shape index (κ1) is 16.4. The van der Waals surface area contributed by atoms with Crippen molar-refractivity contribution >= 4 is 10.0 Å². The summed E-state index contributed by atoms with van der Waals surface area (Å²) in [5, 5.41) is 4.04. The first-order valence-corrected chi connectivity index (χ1v) is 9.34. The molecule has 0 unspecified atom stereocenters. The van der Waals surface area contributed by atoms with Gasteiger partial charge in [-0.15, -0.1) is 4.09 Å². The highest BCUT2D eigenvalue weighted by Gasteiger charge is 2.26. The van der Waals surface area contributed by atoms with E-state index in [9.17, 15) is 8.42 Å². The number of ether oxygens (including phenoxy) is 3. The third-order valence-corrected chi connectivity index (χ3v) is 5.31. The van der Waals surface area contributed by atoms with Crippen LogP contribution in [0.4, 0.5) is 0 Å². The Hall–Kier alpha value is -3.07. The first-order chi connectivity index (χ1) is 12.6. The zero-order valence-electron chi connectivity index (χ0n) is 13.8. The first-order valence-electron chi connectivity index (χ1n) is 7.90. The van der Waals surface area contributed by atoms with Gasteiger partial charge in [0.25, 0.3) is 10.0 Å². The van der Waals surface area contributed by atoms with E-state index in [1.165, 1.54) is 12.1 Å². The lowest BCUT2D eigenvalue weighted by atomic mass is 10.2. The predicted octanol–water partition coefficient (Wildman–Crippen LogP) is 2.31. The second-order valence-corrected chi connectivity index (χ2v) is 7.15. The van der Waals surface area contributed by atoms with Crippen LogP contribution in [0.3, 0.4) is 0 Å². The summed E-state index contributed by atoms with van der Waals surface area (Å²) in [6.45, 7) is 2.21. The van der Waals surface area contributed by atoms with Crippen LogP contribution in [0.15, 0.2) is 53.4 Å². The second kappa shape index (κ2) is 6.34. The minimum atomic E-state index is -3.94. The number of benzene rings is 2. The molecule has 0 aliphatic carbocycles. The van der Waals surface area contributed by atoms with E-state index in [2.05, 4.69) is 10.1 Å². The van der Waals surface area contributed by atoms with Crippen molar-refractivity contribution in [2.24, 2.45) is 0 Å². The number of hydrogen-bond acceptors (Lipinski definition) is 7. The molecule has 0 amide bonds. The molecule has 1 aromatic heterocycles. The highest BCUT2D eigenvalue weighted by atomic mass is 32.2. The van der Waals surface area contributed by atoms with E-state index in [-0.39, 0.29) is 23.5 Å². The van der Waals surface area contributed by atoms with Crippen LogP contribution in [0.2, 0.25) is 0 Å². The molecule has 0 saturated heterocycles. The van der Waals surface area contributed by atoms with Crippen LogP contribution in [0.5, 0.6) is 17.5 Å². The molecule has 3 aromatic rings. The summed E-state index contributed by atoms with van der Waals surface area (Å²) in [5.41, 5.74) is 0.521. The minimum absolute atomic E-state index is 0.0142. The molecule has 8 nitrogen and oxygen atoms in total. The van der Waals surface area contributed by atoms with Gasteiger partial charge in [-0.05, 0) is 37.3 Å². The third-order valence-electron chi connectivity index (χ3n) is 3.73. The molecule has 9 heteroatoms. The number of aromatic nitrogens is 3. The summed E-state index contributed by atoms with van der Waals surface area (Å²) < 4.78 is 42.9. The van der Waals surface area contributed by atoms with Crippen LogP contribution in [0.25, 0.3) is 11.4 Å². The van der Waals surface area contributed by atoms with Crippen molar-refractivity contribution in [1.29, 1.82) is 0 Å². The van der Waals surface area contributed by atoms with E-state index in [0.717, 1.165) is 4.09 Å². The molecule has 4 rings (SSSR count). The fourth-order valence-electron chi connectivity index (χ4n) is 2.54. The van der Waals surface area contributed by atoms with Crippen LogP contribution in [0.1, 0.15) is 6.92 Å². The largest absolute Gasteiger partial charge is 0.463 e. The van der Waals surface area contributed by atoms with Gasteiger partial charge < -0.3 is 14.2 Å². The number of rotatable bonds is 5. The Morgan fingerprint density at radius 3 is 2.65 bits per heavy atom. The lowest BCUT2D eigenvalue weighted by Crippen LogP contribution is -2.16. The molecule has 0 radical (unpaired) electrons. The fraction of sp³-hybridized carbons (Fsp3) is 0.176. The van der Waals surface area contributed by atoms with Gasteiger partial charge in [-0.1, -0.05) is 23.3 Å². The van der Waals surface area contributed by atoms with Crippen molar-refractivity contribution in [2.75, 3.05) is 13.4 Å². The maximum Gasteiger partial charge on any atom is 0.337 e. The topological polar surface area (TPSA) is 92.5 Å². The maximum atomic E-state index is 13.0. The van der Waals surface area contributed by atoms with Gasteiger partial charge in [0.15, 0.2) is 17.3 Å². The molecule has 1 aliphatic rings. The van der Waals surface area contributed by atoms with Gasteiger partial charge in [0.1, 0.15) is 0 Å². The van der Waals surface area contributed by atoms with Gasteiger partial charge in [0, 0.05) is 5.56 Å². The van der Waals surface area contributed by atoms with Crippen LogP contribution in [0, 0.1) is 0 Å². The molecule has 2 aromatic carbocycles. The van der Waals surface area contributed by atoms with Crippen molar-refractivity contribution in [3.8, 4) is 28.9 Å². The van der Waals surface area contributed by atoms with Crippen molar-refractivity contribution in [1.82, 2.24) is 14.2 Å². The monoisotopic (exact) mass is 373 g/mol. The van der Waals surface area contributed by atoms with Crippen molar-refractivity contribution in [3.63, 3.8) is 0 Å². The second-order valence-electron chi connectivity index (χ2n) is 5.38. The van der Waals surface area contributed by atoms with Gasteiger partial charge in [-0.2, -0.15) is 13.4 Å². The maximum absolute atomic E-state index is 13.0. The smallest absolute Gasteiger partial charge is 0.337 e. The lowest BCUT2D eigenvalue weighted by molar-refractivity contribution is 0.174. The minimum Gasteiger partial charge on any atom is -0.463 e. The van der Waals surface area contributed by atoms with Crippen molar-refractivity contribution in [3.05, 3.63) is 48.5 Å². The molecule has 26 heavy (non-hydrogen) atoms. The Kier molecular flexibility index (Phi) is 4.00. The molecule has 0 atom stereocenters. The Morgan fingerprint density at radius 1 is 1.12 bits per heavy atom. The molecule has 134 valence electrons. The van der Waals surface area contributed by atoms with E-state index in [1.54, 1.807) is 43.3 Å². The number of nitrogens with zero attached hydrogens (tertiary/aromatic N) is 3. The highest BCUT2D eigenvalue weighted by molar-refractivity contribution is 7.90. The summed E-state index contributed by atoms with van der Waals surface area (Å²) in [5.74, 6) is 1.25. The van der Waals surface area contributed by atoms with Gasteiger partial charge in [0.05, 0.1) is 11.5 Å². The van der Waals surface area contributed by atoms with Gasteiger partial charge in [-0.3, -0.25) is 0 Å². The van der Waals surface area contributed by atoms with Crippen molar-refractivity contribution in [2.45, 2.75) is 11.8 Å². The predicted molar refractivity (Wildman–Crippen MR) is 91.8 cm³/mol. The van der Waals surface area contributed by atoms with E-state index in [0.29, 0.717) is 23.7 Å². The Bertz CT molecular complexity index is 1050. The number of hydrogen-bond donors (Lipinski definition) is 0. The highest BCUT2D eigenvalue weighted by Crippen LogP contribution is 2.36. The normalized spacial score (nSPS) is 13.0. The fourth-order valence-corrected chi connectivity index (χ4v) is 3.79. The Balaban J connectivity index is 1.87. The van der Waals surface area contributed by atoms with Crippen LogP contribution < -0.4 is 14.2 Å². The summed E-state index contributed by atoms with van der Waals surface area (Å²) in [6.07, 6.45) is 0. The molecule has 1 aliphatic heterocycles. The van der Waals surface area contributed by atoms with Crippen LogP contribution in [-0.2, 0) is 10.0 Å². The summed E-state index contributed by atoms with van der Waals surface area (Å²) in [4.78, 5) is 4.35. The van der Waals surface area contributed by atoms with Gasteiger partial charge in [-0.25, -0.2) is 0 Å². The molecule has 0 spiro atoms. The summed E-state index contributed by atoms with van der Waals surface area (Å²) in [7, 11) is -3.94. The van der Waals surface area contributed by atoms with Gasteiger partial charge >= 0.3 is 6.01 Å². The zero-order valence-corrected chi connectivity index (χ0v) is 14.6. The molecular weight excluding hydrogens is 358 g/mol. The van der Waals surface area contributed by atoms with E-state index in [1.807, 2.05) is 0 Å². The zero-order chi connectivity index (χ0) is 18.1. The molecule has 0 saturated carbocycles. The quantitative estimate of drug-likeness (QED) is 0.677. The molecule has 0 fully saturated rings. The van der Waals surface area contributed by atoms with E-state index < -0.39 is 10.0 Å². The average Bonchev–Trinajstić information content (AvgIpc) is 3.29.